The molecule has 0 spiro atoms. The lowest BCUT2D eigenvalue weighted by Gasteiger charge is -2.11. The van der Waals surface area contributed by atoms with E-state index in [1.807, 2.05) is 0 Å². The van der Waals surface area contributed by atoms with Crippen molar-refractivity contribution < 1.29 is 18.4 Å². The zero-order valence-electron chi connectivity index (χ0n) is 15.6. The summed E-state index contributed by atoms with van der Waals surface area (Å²) >= 11 is 5.97. The van der Waals surface area contributed by atoms with E-state index in [0.29, 0.717) is 22.0 Å². The van der Waals surface area contributed by atoms with Crippen molar-refractivity contribution in [1.29, 1.82) is 0 Å². The van der Waals surface area contributed by atoms with Crippen molar-refractivity contribution in [2.75, 3.05) is 12.4 Å². The van der Waals surface area contributed by atoms with Crippen molar-refractivity contribution in [3.63, 3.8) is 0 Å². The Morgan fingerprint density at radius 3 is 2.77 bits per heavy atom. The van der Waals surface area contributed by atoms with Gasteiger partial charge >= 0.3 is 0 Å². The van der Waals surface area contributed by atoms with Crippen LogP contribution in [-0.2, 0) is 11.3 Å². The molecule has 8 nitrogen and oxygen atoms in total. The Labute approximate surface area is 173 Å². The van der Waals surface area contributed by atoms with E-state index < -0.39 is 17.3 Å². The van der Waals surface area contributed by atoms with Gasteiger partial charge in [-0.05, 0) is 42.5 Å². The molecule has 0 saturated carbocycles. The fraction of sp³-hybridized carbons (Fsp3) is 0.100. The second-order valence-corrected chi connectivity index (χ2v) is 6.73. The number of anilines is 1. The third-order valence-corrected chi connectivity index (χ3v) is 4.57. The summed E-state index contributed by atoms with van der Waals surface area (Å²) in [5.41, 5.74) is 0.573. The fourth-order valence-electron chi connectivity index (χ4n) is 2.92. The van der Waals surface area contributed by atoms with Crippen LogP contribution in [-0.4, -0.2) is 27.7 Å². The number of rotatable bonds is 5. The molecule has 1 N–H and O–H groups in total. The number of nitrogens with one attached hydrogen (secondary N) is 1. The first-order chi connectivity index (χ1) is 14.5. The molecule has 0 bridgehead atoms. The zero-order valence-corrected chi connectivity index (χ0v) is 16.3. The van der Waals surface area contributed by atoms with E-state index in [9.17, 15) is 14.0 Å². The molecule has 0 aliphatic carbocycles. The largest absolute Gasteiger partial charge is 0.495 e. The van der Waals surface area contributed by atoms with Crippen LogP contribution in [0.15, 0.2) is 58.1 Å². The first kappa shape index (κ1) is 19.6. The summed E-state index contributed by atoms with van der Waals surface area (Å²) in [5.74, 6) is -0.486. The van der Waals surface area contributed by atoms with Gasteiger partial charge in [-0.15, -0.1) is 0 Å². The van der Waals surface area contributed by atoms with Gasteiger partial charge in [0.1, 0.15) is 35.5 Å². The molecular weight excluding hydrogens is 415 g/mol. The maximum Gasteiger partial charge on any atom is 0.267 e. The van der Waals surface area contributed by atoms with Crippen molar-refractivity contribution in [3.05, 3.63) is 70.0 Å². The maximum absolute atomic E-state index is 13.2. The Hall–Kier alpha value is -3.72. The Bertz CT molecular complexity index is 1300. The third-order valence-electron chi connectivity index (χ3n) is 4.33. The monoisotopic (exact) mass is 428 g/mol. The van der Waals surface area contributed by atoms with Crippen LogP contribution in [0.4, 0.5) is 10.1 Å². The highest BCUT2D eigenvalue weighted by Gasteiger charge is 2.18. The van der Waals surface area contributed by atoms with Gasteiger partial charge in [0.05, 0.1) is 12.8 Å². The summed E-state index contributed by atoms with van der Waals surface area (Å²) in [5, 5.41) is 7.04. The number of methoxy groups -OCH3 is 1. The van der Waals surface area contributed by atoms with Crippen LogP contribution in [0.1, 0.15) is 0 Å². The Morgan fingerprint density at radius 1 is 1.27 bits per heavy atom. The highest BCUT2D eigenvalue weighted by atomic mass is 35.5. The van der Waals surface area contributed by atoms with Crippen molar-refractivity contribution in [2.45, 2.75) is 6.54 Å². The smallest absolute Gasteiger partial charge is 0.267 e. The molecule has 152 valence electrons. The first-order valence-electron chi connectivity index (χ1n) is 8.70. The number of fused-ring (bicyclic) bond motifs is 1. The van der Waals surface area contributed by atoms with E-state index in [2.05, 4.69) is 15.5 Å². The van der Waals surface area contributed by atoms with Crippen LogP contribution in [0.2, 0.25) is 5.02 Å². The van der Waals surface area contributed by atoms with Crippen LogP contribution < -0.4 is 15.6 Å². The fourth-order valence-corrected chi connectivity index (χ4v) is 3.09. The molecule has 0 unspecified atom stereocenters. The van der Waals surface area contributed by atoms with Gasteiger partial charge in [-0.3, -0.25) is 14.2 Å². The number of benzene rings is 2. The van der Waals surface area contributed by atoms with Crippen LogP contribution in [0.25, 0.3) is 22.4 Å². The number of hydrogen-bond donors (Lipinski definition) is 1. The lowest BCUT2D eigenvalue weighted by Crippen LogP contribution is -2.28. The Balaban J connectivity index is 1.65. The van der Waals surface area contributed by atoms with E-state index >= 15 is 0 Å². The van der Waals surface area contributed by atoms with Gasteiger partial charge in [-0.1, -0.05) is 16.8 Å². The third kappa shape index (κ3) is 3.74. The maximum atomic E-state index is 13.2. The van der Waals surface area contributed by atoms with Gasteiger partial charge in [0.25, 0.3) is 11.3 Å². The number of amides is 1. The van der Waals surface area contributed by atoms with E-state index in [4.69, 9.17) is 20.9 Å². The predicted octanol–water partition coefficient (Wildman–Crippen LogP) is 3.49. The minimum atomic E-state index is -0.520. The lowest BCUT2D eigenvalue weighted by atomic mass is 10.1. The van der Waals surface area contributed by atoms with Gasteiger partial charge in [-0.2, -0.15) is 0 Å². The molecule has 2 aromatic heterocycles. The average Bonchev–Trinajstić information content (AvgIpc) is 3.16. The molecule has 30 heavy (non-hydrogen) atoms. The number of halogens is 2. The summed E-state index contributed by atoms with van der Waals surface area (Å²) in [4.78, 5) is 29.5. The van der Waals surface area contributed by atoms with E-state index in [-0.39, 0.29) is 23.3 Å². The topological polar surface area (TPSA) is 99.2 Å². The van der Waals surface area contributed by atoms with Crippen molar-refractivity contribution in [1.82, 2.24) is 14.7 Å². The minimum Gasteiger partial charge on any atom is -0.495 e. The zero-order chi connectivity index (χ0) is 21.3. The molecule has 0 aliphatic heterocycles. The quantitative estimate of drug-likeness (QED) is 0.522. The SMILES string of the molecule is COc1ccc(Cl)cc1NC(=O)Cn1cnc2onc(-c3ccc(F)cc3)c2c1=O. The molecule has 2 heterocycles. The molecule has 2 aromatic carbocycles. The van der Waals surface area contributed by atoms with Crippen LogP contribution in [0.3, 0.4) is 0 Å². The number of hydrogen-bond acceptors (Lipinski definition) is 6. The molecule has 1 amide bonds. The molecule has 4 aromatic rings. The van der Waals surface area contributed by atoms with Gasteiger partial charge < -0.3 is 14.6 Å². The molecule has 10 heteroatoms. The summed E-state index contributed by atoms with van der Waals surface area (Å²) in [7, 11) is 1.46. The van der Waals surface area contributed by atoms with Crippen LogP contribution >= 0.6 is 11.6 Å². The predicted molar refractivity (Wildman–Crippen MR) is 108 cm³/mol. The van der Waals surface area contributed by atoms with Crippen molar-refractivity contribution in [3.8, 4) is 17.0 Å². The van der Waals surface area contributed by atoms with E-state index in [0.717, 1.165) is 4.57 Å². The number of aromatic nitrogens is 3. The summed E-state index contributed by atoms with van der Waals surface area (Å²) < 4.78 is 24.6. The Morgan fingerprint density at radius 2 is 2.03 bits per heavy atom. The molecular formula is C20H14ClFN4O4. The second kappa shape index (κ2) is 7.96. The second-order valence-electron chi connectivity index (χ2n) is 6.29. The molecule has 0 atom stereocenters. The number of nitrogens with zero attached hydrogens (tertiary/aromatic N) is 3. The number of ether oxygens (including phenoxy) is 1. The molecule has 4 rings (SSSR count). The number of carbonyl (C=O) groups excluding carboxylic acids is 1. The van der Waals surface area contributed by atoms with E-state index in [1.54, 1.807) is 12.1 Å². The highest BCUT2D eigenvalue weighted by Crippen LogP contribution is 2.28. The van der Waals surface area contributed by atoms with Gasteiger partial charge in [0, 0.05) is 10.6 Å². The lowest BCUT2D eigenvalue weighted by molar-refractivity contribution is -0.116. The Kier molecular flexibility index (Phi) is 5.20. The summed E-state index contributed by atoms with van der Waals surface area (Å²) in [6, 6.07) is 10.2. The molecule has 0 radical (unpaired) electrons. The van der Waals surface area contributed by atoms with E-state index in [1.165, 1.54) is 43.8 Å². The molecule has 0 saturated heterocycles. The normalized spacial score (nSPS) is 10.9. The number of carbonyl (C=O) groups is 1. The molecule has 0 fully saturated rings. The van der Waals surface area contributed by atoms with Crippen molar-refractivity contribution >= 4 is 34.3 Å². The highest BCUT2D eigenvalue weighted by molar-refractivity contribution is 6.31. The van der Waals surface area contributed by atoms with Gasteiger partial charge in [-0.25, -0.2) is 9.37 Å². The summed E-state index contributed by atoms with van der Waals surface area (Å²) in [6.45, 7) is -0.314. The van der Waals surface area contributed by atoms with Gasteiger partial charge in [0.15, 0.2) is 0 Å². The van der Waals surface area contributed by atoms with Crippen molar-refractivity contribution in [2.24, 2.45) is 0 Å². The standard InChI is InChI=1S/C20H14ClFN4O4/c1-29-15-7-4-12(21)8-14(15)24-16(27)9-26-10-23-19-17(20(26)28)18(25-30-19)11-2-5-13(22)6-3-11/h2-8,10H,9H2,1H3,(H,24,27). The van der Waals surface area contributed by atoms with Crippen LogP contribution in [0.5, 0.6) is 5.75 Å². The van der Waals surface area contributed by atoms with Crippen LogP contribution in [0, 0.1) is 5.82 Å². The molecule has 0 aliphatic rings. The first-order valence-corrected chi connectivity index (χ1v) is 9.08. The average molecular weight is 429 g/mol. The minimum absolute atomic E-state index is 0.0208. The summed E-state index contributed by atoms with van der Waals surface area (Å²) in [6.07, 6.45) is 1.19. The van der Waals surface area contributed by atoms with Gasteiger partial charge in [0.2, 0.25) is 5.91 Å².